The second kappa shape index (κ2) is 20.3. The van der Waals surface area contributed by atoms with Gasteiger partial charge in [-0.3, -0.25) is 9.69 Å². The Labute approximate surface area is 360 Å². The molecule has 0 bridgehead atoms. The molecule has 1 aliphatic heterocycles. The highest BCUT2D eigenvalue weighted by Crippen LogP contribution is 2.40. The molecular formula is C43H33Br4N3O2S2. The van der Waals surface area contributed by atoms with E-state index >= 15 is 0 Å². The van der Waals surface area contributed by atoms with Crippen LogP contribution in [-0.2, 0) is 12.1 Å². The smallest absolute Gasteiger partial charge is 0.188 e. The van der Waals surface area contributed by atoms with Crippen LogP contribution in [0.25, 0.3) is 0 Å². The number of ketones is 1. The lowest BCUT2D eigenvalue weighted by atomic mass is 10.0. The van der Waals surface area contributed by atoms with Gasteiger partial charge in [-0.25, -0.2) is 0 Å². The van der Waals surface area contributed by atoms with Gasteiger partial charge in [-0.15, -0.1) is 0 Å². The van der Waals surface area contributed by atoms with Gasteiger partial charge in [0.1, 0.15) is 0 Å². The van der Waals surface area contributed by atoms with Gasteiger partial charge in [0.2, 0.25) is 0 Å². The average Bonchev–Trinajstić information content (AvgIpc) is 3.47. The van der Waals surface area contributed by atoms with E-state index in [0.717, 1.165) is 52.5 Å². The molecule has 1 N–H and O–H groups in total. The van der Waals surface area contributed by atoms with Crippen LogP contribution in [0.1, 0.15) is 27.9 Å². The van der Waals surface area contributed by atoms with Crippen molar-refractivity contribution >= 4 is 121 Å². The minimum Gasteiger partial charge on any atom is -0.365 e. The number of thiocarbonyl (C=S) groups is 2. The zero-order chi connectivity index (χ0) is 38.5. The summed E-state index contributed by atoms with van der Waals surface area (Å²) in [7, 11) is 0. The van der Waals surface area contributed by atoms with Gasteiger partial charge < -0.3 is 10.0 Å². The van der Waals surface area contributed by atoms with E-state index in [1.807, 2.05) is 168 Å². The number of halogens is 4. The fraction of sp³-hybridized carbons (Fsp3) is 0.0930. The maximum absolute atomic E-state index is 11.9. The van der Waals surface area contributed by atoms with E-state index in [1.165, 1.54) is 5.56 Å². The van der Waals surface area contributed by atoms with Crippen molar-refractivity contribution in [3.8, 4) is 0 Å². The standard InChI is InChI=1S/C21H16Br2N2OS.C15H13BrO.C7H4BrNS/c22-16-6-10-18(11-7-16)24-14-21(26,15-4-2-1-3-5-15)25(20(24)27)19-12-8-17(23)9-13-19;16-14-9-6-12(7-10-14)8-11-15(17)13-4-2-1-3-5-13;8-6-1-3-7(4-2-6)9-5-10/h1-13,26H,14H2;1-7,9-10H,8,11H2;1-4H. The number of carbonyl (C=O) groups excluding carboxylic acids is 1. The summed E-state index contributed by atoms with van der Waals surface area (Å²) in [6.45, 7) is 0.341. The van der Waals surface area contributed by atoms with Crippen LogP contribution in [0, 0.1) is 0 Å². The van der Waals surface area contributed by atoms with Crippen LogP contribution < -0.4 is 9.80 Å². The summed E-state index contributed by atoms with van der Waals surface area (Å²) < 4.78 is 4.08. The third-order valence-corrected chi connectivity index (χ3v) is 10.9. The zero-order valence-corrected chi connectivity index (χ0v) is 36.6. The maximum Gasteiger partial charge on any atom is 0.188 e. The predicted molar refractivity (Wildman–Crippen MR) is 243 cm³/mol. The first-order valence-corrected chi connectivity index (χ1v) is 20.6. The van der Waals surface area contributed by atoms with Gasteiger partial charge >= 0.3 is 0 Å². The van der Waals surface area contributed by atoms with Crippen LogP contribution in [0.5, 0.6) is 0 Å². The molecule has 7 rings (SSSR count). The molecule has 0 amide bonds. The minimum atomic E-state index is -1.26. The Hall–Kier alpha value is -3.64. The number of aryl methyl sites for hydroxylation is 1. The molecule has 6 aromatic rings. The van der Waals surface area contributed by atoms with Crippen LogP contribution in [0.4, 0.5) is 17.1 Å². The molecule has 1 fully saturated rings. The van der Waals surface area contributed by atoms with Gasteiger partial charge in [0, 0.05) is 46.8 Å². The van der Waals surface area contributed by atoms with E-state index in [9.17, 15) is 9.90 Å². The Morgan fingerprint density at radius 3 is 1.65 bits per heavy atom. The molecule has 0 aliphatic carbocycles. The summed E-state index contributed by atoms with van der Waals surface area (Å²) in [5.41, 5.74) is 4.14. The van der Waals surface area contributed by atoms with Crippen molar-refractivity contribution in [2.75, 3.05) is 16.3 Å². The summed E-state index contributed by atoms with van der Waals surface area (Å²) in [4.78, 5) is 19.5. The predicted octanol–water partition coefficient (Wildman–Crippen LogP) is 13.1. The van der Waals surface area contributed by atoms with Gasteiger partial charge in [-0.05, 0) is 121 Å². The Kier molecular flexibility index (Phi) is 15.6. The quantitative estimate of drug-likeness (QED) is 0.0931. The first kappa shape index (κ1) is 41.5. The molecule has 0 spiro atoms. The van der Waals surface area contributed by atoms with E-state index < -0.39 is 5.72 Å². The molecule has 0 radical (unpaired) electrons. The summed E-state index contributed by atoms with van der Waals surface area (Å²) in [6.07, 6.45) is 1.35. The molecule has 11 heteroatoms. The average molecular weight is 1010 g/mol. The number of anilines is 2. The lowest BCUT2D eigenvalue weighted by Crippen LogP contribution is -2.44. The summed E-state index contributed by atoms with van der Waals surface area (Å²) >= 11 is 23.9. The summed E-state index contributed by atoms with van der Waals surface area (Å²) in [5, 5.41) is 14.6. The van der Waals surface area contributed by atoms with Crippen LogP contribution >= 0.6 is 88.2 Å². The molecule has 5 nitrogen and oxygen atoms in total. The number of hydrogen-bond donors (Lipinski definition) is 1. The van der Waals surface area contributed by atoms with Crippen LogP contribution in [-0.4, -0.2) is 27.7 Å². The largest absolute Gasteiger partial charge is 0.365 e. The van der Waals surface area contributed by atoms with Crippen molar-refractivity contribution in [3.05, 3.63) is 192 Å². The number of isothiocyanates is 1. The molecule has 272 valence electrons. The number of aliphatic imine (C=N–C) groups is 1. The monoisotopic (exact) mass is 1000 g/mol. The van der Waals surface area contributed by atoms with Crippen molar-refractivity contribution in [1.29, 1.82) is 0 Å². The first-order chi connectivity index (χ1) is 26.1. The van der Waals surface area contributed by atoms with E-state index in [-0.39, 0.29) is 5.78 Å². The molecule has 54 heavy (non-hydrogen) atoms. The highest BCUT2D eigenvalue weighted by Gasteiger charge is 2.48. The highest BCUT2D eigenvalue weighted by molar-refractivity contribution is 9.11. The number of rotatable bonds is 8. The van der Waals surface area contributed by atoms with Crippen molar-refractivity contribution in [1.82, 2.24) is 0 Å². The first-order valence-electron chi connectivity index (χ1n) is 16.6. The van der Waals surface area contributed by atoms with Crippen molar-refractivity contribution in [3.63, 3.8) is 0 Å². The van der Waals surface area contributed by atoms with E-state index in [4.69, 9.17) is 12.2 Å². The number of nitrogens with zero attached hydrogens (tertiary/aromatic N) is 3. The number of carbonyl (C=O) groups is 1. The Bertz CT molecular complexity index is 2190. The second-order valence-electron chi connectivity index (χ2n) is 11.9. The third-order valence-electron chi connectivity index (χ3n) is 8.28. The molecule has 1 saturated heterocycles. The number of hydrogen-bond acceptors (Lipinski definition) is 5. The SMILES string of the molecule is O=C(CCc1ccc(Br)cc1)c1ccccc1.OC1(c2ccccc2)CN(c2ccc(Br)cc2)C(=S)N1c1ccc(Br)cc1.S=C=Nc1ccc(Br)cc1. The molecule has 0 aromatic heterocycles. The number of benzene rings is 6. The lowest BCUT2D eigenvalue weighted by molar-refractivity contribution is 0.0677. The van der Waals surface area contributed by atoms with Crippen LogP contribution in [0.2, 0.25) is 0 Å². The number of aliphatic hydroxyl groups is 1. The van der Waals surface area contributed by atoms with Gasteiger partial charge in [0.15, 0.2) is 16.6 Å². The van der Waals surface area contributed by atoms with E-state index in [0.29, 0.717) is 18.1 Å². The van der Waals surface area contributed by atoms with Crippen LogP contribution in [0.15, 0.2) is 181 Å². The van der Waals surface area contributed by atoms with Gasteiger partial charge in [0.25, 0.3) is 0 Å². The normalized spacial score (nSPS) is 14.6. The highest BCUT2D eigenvalue weighted by atomic mass is 79.9. The molecule has 0 saturated carbocycles. The van der Waals surface area contributed by atoms with Crippen molar-refractivity contribution in [2.45, 2.75) is 18.6 Å². The van der Waals surface area contributed by atoms with Gasteiger partial charge in [0.05, 0.1) is 17.4 Å². The Morgan fingerprint density at radius 2 is 1.13 bits per heavy atom. The van der Waals surface area contributed by atoms with Crippen molar-refractivity contribution < 1.29 is 9.90 Å². The molecular weight excluding hydrogens is 974 g/mol. The summed E-state index contributed by atoms with van der Waals surface area (Å²) in [5.74, 6) is 0.202. The van der Waals surface area contributed by atoms with Crippen molar-refractivity contribution in [2.24, 2.45) is 4.99 Å². The Morgan fingerprint density at radius 1 is 0.667 bits per heavy atom. The lowest BCUT2D eigenvalue weighted by Gasteiger charge is -2.33. The zero-order valence-electron chi connectivity index (χ0n) is 28.7. The maximum atomic E-state index is 11.9. The topological polar surface area (TPSA) is 56.1 Å². The summed E-state index contributed by atoms with van der Waals surface area (Å²) in [6, 6.07) is 50.5. The minimum absolute atomic E-state index is 0.202. The van der Waals surface area contributed by atoms with E-state index in [1.54, 1.807) is 0 Å². The fourth-order valence-electron chi connectivity index (χ4n) is 5.55. The Balaban J connectivity index is 0.000000176. The molecule has 6 aromatic carbocycles. The second-order valence-corrected chi connectivity index (χ2v) is 16.1. The fourth-order valence-corrected chi connectivity index (χ4v) is 7.13. The number of Topliss-reactive ketones (excluding diaryl/α,β-unsaturated/α-hetero) is 1. The molecule has 1 atom stereocenters. The molecule has 1 unspecified atom stereocenters. The van der Waals surface area contributed by atoms with Gasteiger partial charge in [-0.2, -0.15) is 4.99 Å². The number of β-amino-alcohol motifs (C(OH)–C–C–N with tert-alkyl or cyclic N) is 1. The molecule has 1 aliphatic rings. The molecule has 1 heterocycles. The van der Waals surface area contributed by atoms with E-state index in [2.05, 4.69) is 86.1 Å². The van der Waals surface area contributed by atoms with Gasteiger partial charge in [-0.1, -0.05) is 137 Å². The third kappa shape index (κ3) is 11.4. The van der Waals surface area contributed by atoms with Crippen LogP contribution in [0.3, 0.4) is 0 Å².